The number of carbonyl (C=O) groups excluding carboxylic acids is 1. The Bertz CT molecular complexity index is 986. The Morgan fingerprint density at radius 2 is 1.88 bits per heavy atom. The summed E-state index contributed by atoms with van der Waals surface area (Å²) in [6.07, 6.45) is 3.77. The smallest absolute Gasteiger partial charge is 0.277 e. The van der Waals surface area contributed by atoms with E-state index in [0.717, 1.165) is 36.4 Å². The quantitative estimate of drug-likeness (QED) is 0.439. The second-order valence-corrected chi connectivity index (χ2v) is 8.98. The first-order valence-corrected chi connectivity index (χ1v) is 11.4. The minimum absolute atomic E-state index is 0.0842. The van der Waals surface area contributed by atoms with Crippen molar-refractivity contribution in [3.05, 3.63) is 47.5 Å². The van der Waals surface area contributed by atoms with E-state index in [1.165, 1.54) is 11.3 Å². The number of rotatable bonds is 9. The van der Waals surface area contributed by atoms with E-state index in [-0.39, 0.29) is 18.1 Å². The molecule has 0 spiro atoms. The second-order valence-electron chi connectivity index (χ2n) is 8.98. The zero-order chi connectivity index (χ0) is 24.0. The van der Waals surface area contributed by atoms with E-state index in [4.69, 9.17) is 14.2 Å². The number of ether oxygens (including phenoxy) is 3. The summed E-state index contributed by atoms with van der Waals surface area (Å²) in [5.74, 6) is 2.11. The fourth-order valence-corrected chi connectivity index (χ4v) is 4.48. The Labute approximate surface area is 196 Å². The number of hydrazone groups is 1. The SMILES string of the molecule is CCCN1c2cc(OC)c(/C=N/NC(=O)COc3ccc(OC)cc3)cc2C(C)CC1(C)C. The van der Waals surface area contributed by atoms with Crippen LogP contribution in [0.25, 0.3) is 0 Å². The largest absolute Gasteiger partial charge is 0.497 e. The molecule has 1 aliphatic heterocycles. The number of carbonyl (C=O) groups is 1. The van der Waals surface area contributed by atoms with Crippen molar-refractivity contribution in [2.45, 2.75) is 52.0 Å². The summed E-state index contributed by atoms with van der Waals surface area (Å²) in [7, 11) is 3.25. The third kappa shape index (κ3) is 5.78. The molecule has 1 heterocycles. The van der Waals surface area contributed by atoms with Crippen LogP contribution in [-0.2, 0) is 4.79 Å². The van der Waals surface area contributed by atoms with E-state index in [0.29, 0.717) is 11.7 Å². The summed E-state index contributed by atoms with van der Waals surface area (Å²) < 4.78 is 16.3. The minimum atomic E-state index is -0.344. The molecule has 1 atom stereocenters. The average molecular weight is 454 g/mol. The molecule has 0 saturated carbocycles. The van der Waals surface area contributed by atoms with Crippen LogP contribution < -0.4 is 24.5 Å². The number of hydrogen-bond acceptors (Lipinski definition) is 6. The lowest BCUT2D eigenvalue weighted by molar-refractivity contribution is -0.123. The maximum absolute atomic E-state index is 12.1. The average Bonchev–Trinajstić information content (AvgIpc) is 2.80. The second kappa shape index (κ2) is 10.6. The summed E-state index contributed by atoms with van der Waals surface area (Å²) in [4.78, 5) is 14.6. The highest BCUT2D eigenvalue weighted by Crippen LogP contribution is 2.45. The van der Waals surface area contributed by atoms with Crippen molar-refractivity contribution in [1.82, 2.24) is 5.43 Å². The third-order valence-corrected chi connectivity index (χ3v) is 6.01. The topological polar surface area (TPSA) is 72.4 Å². The zero-order valence-corrected chi connectivity index (χ0v) is 20.5. The highest BCUT2D eigenvalue weighted by Gasteiger charge is 2.36. The first-order chi connectivity index (χ1) is 15.8. The van der Waals surface area contributed by atoms with Crippen molar-refractivity contribution in [2.75, 3.05) is 32.3 Å². The third-order valence-electron chi connectivity index (χ3n) is 6.01. The molecule has 1 aliphatic rings. The van der Waals surface area contributed by atoms with Gasteiger partial charge in [-0.15, -0.1) is 0 Å². The van der Waals surface area contributed by atoms with Crippen molar-refractivity contribution in [1.29, 1.82) is 0 Å². The molecule has 1 amide bonds. The fraction of sp³-hybridized carbons (Fsp3) is 0.462. The highest BCUT2D eigenvalue weighted by molar-refractivity contribution is 5.87. The number of amides is 1. The normalized spacial score (nSPS) is 16.9. The summed E-state index contributed by atoms with van der Waals surface area (Å²) >= 11 is 0. The molecule has 0 aromatic heterocycles. The first kappa shape index (κ1) is 24.4. The number of methoxy groups -OCH3 is 2. The summed E-state index contributed by atoms with van der Waals surface area (Å²) in [5.41, 5.74) is 5.93. The van der Waals surface area contributed by atoms with Crippen molar-refractivity contribution in [3.63, 3.8) is 0 Å². The van der Waals surface area contributed by atoms with Crippen LogP contribution >= 0.6 is 0 Å². The van der Waals surface area contributed by atoms with Gasteiger partial charge in [-0.3, -0.25) is 4.79 Å². The Morgan fingerprint density at radius 1 is 1.18 bits per heavy atom. The van der Waals surface area contributed by atoms with Crippen LogP contribution in [0.1, 0.15) is 57.6 Å². The summed E-state index contributed by atoms with van der Waals surface area (Å²) in [6, 6.07) is 11.3. The van der Waals surface area contributed by atoms with Gasteiger partial charge in [0, 0.05) is 29.4 Å². The molecule has 1 N–H and O–H groups in total. The fourth-order valence-electron chi connectivity index (χ4n) is 4.48. The molecule has 33 heavy (non-hydrogen) atoms. The summed E-state index contributed by atoms with van der Waals surface area (Å²) in [5, 5.41) is 4.13. The zero-order valence-electron chi connectivity index (χ0n) is 20.5. The maximum atomic E-state index is 12.1. The molecular weight excluding hydrogens is 418 g/mol. The van der Waals surface area contributed by atoms with Gasteiger partial charge < -0.3 is 19.1 Å². The van der Waals surface area contributed by atoms with E-state index in [2.05, 4.69) is 55.3 Å². The molecule has 7 heteroatoms. The number of nitrogens with one attached hydrogen (secondary N) is 1. The molecule has 0 bridgehead atoms. The first-order valence-electron chi connectivity index (χ1n) is 11.4. The van der Waals surface area contributed by atoms with Gasteiger partial charge >= 0.3 is 0 Å². The molecule has 2 aromatic rings. The van der Waals surface area contributed by atoms with Gasteiger partial charge in [-0.1, -0.05) is 13.8 Å². The van der Waals surface area contributed by atoms with E-state index < -0.39 is 0 Å². The van der Waals surface area contributed by atoms with Crippen LogP contribution in [0.3, 0.4) is 0 Å². The van der Waals surface area contributed by atoms with Crippen LogP contribution in [0.4, 0.5) is 5.69 Å². The van der Waals surface area contributed by atoms with Crippen LogP contribution in [0.5, 0.6) is 17.2 Å². The molecule has 0 fully saturated rings. The van der Waals surface area contributed by atoms with Crippen LogP contribution in [0.15, 0.2) is 41.5 Å². The minimum Gasteiger partial charge on any atom is -0.497 e. The Kier molecular flexibility index (Phi) is 7.84. The predicted molar refractivity (Wildman–Crippen MR) is 132 cm³/mol. The van der Waals surface area contributed by atoms with E-state index in [9.17, 15) is 4.79 Å². The lowest BCUT2D eigenvalue weighted by atomic mass is 9.79. The van der Waals surface area contributed by atoms with Crippen LogP contribution in [0, 0.1) is 0 Å². The van der Waals surface area contributed by atoms with E-state index in [1.807, 2.05) is 0 Å². The van der Waals surface area contributed by atoms with Crippen LogP contribution in [0.2, 0.25) is 0 Å². The molecule has 7 nitrogen and oxygen atoms in total. The van der Waals surface area contributed by atoms with Crippen LogP contribution in [-0.4, -0.2) is 45.0 Å². The Balaban J connectivity index is 1.70. The number of nitrogens with zero attached hydrogens (tertiary/aromatic N) is 2. The molecule has 178 valence electrons. The van der Waals surface area contributed by atoms with Gasteiger partial charge in [0.25, 0.3) is 5.91 Å². The van der Waals surface area contributed by atoms with Crippen molar-refractivity contribution < 1.29 is 19.0 Å². The lowest BCUT2D eigenvalue weighted by Crippen LogP contribution is -2.48. The Hall–Kier alpha value is -3.22. The van der Waals surface area contributed by atoms with Crippen molar-refractivity contribution in [2.24, 2.45) is 5.10 Å². The monoisotopic (exact) mass is 453 g/mol. The maximum Gasteiger partial charge on any atom is 0.277 e. The van der Waals surface area contributed by atoms with Gasteiger partial charge in [0.15, 0.2) is 6.61 Å². The van der Waals surface area contributed by atoms with E-state index >= 15 is 0 Å². The van der Waals surface area contributed by atoms with Crippen molar-refractivity contribution >= 4 is 17.8 Å². The van der Waals surface area contributed by atoms with Gasteiger partial charge in [0.2, 0.25) is 0 Å². The summed E-state index contributed by atoms with van der Waals surface area (Å²) in [6.45, 7) is 9.92. The molecular formula is C26H35N3O4. The number of hydrogen-bond donors (Lipinski definition) is 1. The number of anilines is 1. The van der Waals surface area contributed by atoms with Crippen molar-refractivity contribution in [3.8, 4) is 17.2 Å². The standard InChI is InChI=1S/C26H35N3O4/c1-7-12-29-23-14-24(32-6)19(13-22(23)18(2)15-26(29,3)4)16-27-28-25(30)17-33-21-10-8-20(31-5)9-11-21/h8-11,13-14,16,18H,7,12,15,17H2,1-6H3,(H,28,30)/b27-16+. The Morgan fingerprint density at radius 3 is 2.52 bits per heavy atom. The molecule has 0 aliphatic carbocycles. The van der Waals surface area contributed by atoms with E-state index in [1.54, 1.807) is 44.7 Å². The molecule has 2 aromatic carbocycles. The molecule has 0 radical (unpaired) electrons. The number of fused-ring (bicyclic) bond motifs is 1. The molecule has 3 rings (SSSR count). The van der Waals surface area contributed by atoms with Gasteiger partial charge in [-0.05, 0) is 68.5 Å². The predicted octanol–water partition coefficient (Wildman–Crippen LogP) is 4.74. The van der Waals surface area contributed by atoms with Gasteiger partial charge in [0.1, 0.15) is 17.2 Å². The highest BCUT2D eigenvalue weighted by atomic mass is 16.5. The molecule has 1 unspecified atom stereocenters. The molecule has 0 saturated heterocycles. The number of benzene rings is 2. The van der Waals surface area contributed by atoms with Gasteiger partial charge in [-0.25, -0.2) is 5.43 Å². The van der Waals surface area contributed by atoms with Gasteiger partial charge in [0.05, 0.1) is 20.4 Å². The lowest BCUT2D eigenvalue weighted by Gasteiger charge is -2.47. The van der Waals surface area contributed by atoms with Gasteiger partial charge in [-0.2, -0.15) is 5.10 Å².